The van der Waals surface area contributed by atoms with E-state index in [1.165, 1.54) is 27.1 Å². The quantitative estimate of drug-likeness (QED) is 0.170. The van der Waals surface area contributed by atoms with Gasteiger partial charge in [0.1, 0.15) is 38.2 Å². The topological polar surface area (TPSA) is 53.0 Å². The zero-order chi connectivity index (χ0) is 30.7. The van der Waals surface area contributed by atoms with Gasteiger partial charge in [-0.1, -0.05) is 94.4 Å². The van der Waals surface area contributed by atoms with Gasteiger partial charge < -0.3 is 9.47 Å². The number of fused-ring (bicyclic) bond motifs is 2. The van der Waals surface area contributed by atoms with Crippen LogP contribution in [-0.2, 0) is 14.9 Å². The Hall–Kier alpha value is -3.93. The van der Waals surface area contributed by atoms with Crippen molar-refractivity contribution in [2.24, 2.45) is 21.8 Å². The molecular weight excluding hydrogens is 595 g/mol. The number of benzene rings is 2. The number of hydrogen-bond acceptors (Lipinski definition) is 5. The number of hydrogen-bond donors (Lipinski definition) is 0. The molecule has 0 bridgehead atoms. The summed E-state index contributed by atoms with van der Waals surface area (Å²) < 4.78 is 19.2. The molecular formula is C37H37N4O2PS. The number of aliphatic imine (C=N–C) groups is 2. The van der Waals surface area contributed by atoms with Crippen LogP contribution in [0, 0.1) is 11.8 Å². The molecule has 2 aromatic carbocycles. The summed E-state index contributed by atoms with van der Waals surface area (Å²) >= 11 is 1.79. The Morgan fingerprint density at radius 3 is 1.56 bits per heavy atom. The second kappa shape index (κ2) is 11.1. The first-order valence-corrected chi connectivity index (χ1v) is 17.9. The van der Waals surface area contributed by atoms with Crippen molar-refractivity contribution in [1.82, 2.24) is 8.68 Å². The molecule has 6 nitrogen and oxygen atoms in total. The van der Waals surface area contributed by atoms with Gasteiger partial charge in [-0.3, -0.25) is 8.68 Å². The van der Waals surface area contributed by atoms with E-state index < -0.39 is 13.6 Å². The van der Waals surface area contributed by atoms with E-state index in [0.717, 1.165) is 23.2 Å². The molecule has 0 saturated heterocycles. The molecule has 8 rings (SSSR count). The Bertz CT molecular complexity index is 1770. The molecule has 0 radical (unpaired) electrons. The lowest BCUT2D eigenvalue weighted by Crippen LogP contribution is -2.40. The first-order valence-electron chi connectivity index (χ1n) is 15.8. The molecule has 6 heterocycles. The van der Waals surface area contributed by atoms with Crippen LogP contribution in [0.3, 0.4) is 0 Å². The lowest BCUT2D eigenvalue weighted by Gasteiger charge is -2.44. The molecule has 45 heavy (non-hydrogen) atoms. The van der Waals surface area contributed by atoms with Crippen molar-refractivity contribution in [3.63, 3.8) is 0 Å². The van der Waals surface area contributed by atoms with Crippen LogP contribution in [0.25, 0.3) is 0 Å². The summed E-state index contributed by atoms with van der Waals surface area (Å²) in [5, 5.41) is 2.18. The average Bonchev–Trinajstić information content (AvgIpc) is 3.89. The summed E-state index contributed by atoms with van der Waals surface area (Å²) in [5.74, 6) is 2.26. The molecule has 0 amide bonds. The van der Waals surface area contributed by atoms with E-state index in [2.05, 4.69) is 139 Å². The third-order valence-corrected chi connectivity index (χ3v) is 12.9. The van der Waals surface area contributed by atoms with E-state index in [4.69, 9.17) is 19.5 Å². The molecule has 2 atom stereocenters. The maximum Gasteiger partial charge on any atom is 0.234 e. The molecule has 0 aliphatic carbocycles. The summed E-state index contributed by atoms with van der Waals surface area (Å²) in [5.41, 5.74) is 6.25. The van der Waals surface area contributed by atoms with Crippen LogP contribution in [0.1, 0.15) is 61.6 Å². The van der Waals surface area contributed by atoms with Crippen LogP contribution < -0.4 is 4.62 Å². The van der Waals surface area contributed by atoms with Crippen LogP contribution in [0.2, 0.25) is 0 Å². The SMILES string of the molecule is CC(C)[C@H]1COC(c2ccc3n2P(c2cccs2)n2c(C4=N[C@@H](C(C)C)CO4)ccc2C3(c2ccccc2)c2ccccc2)=N1. The van der Waals surface area contributed by atoms with E-state index in [1.54, 1.807) is 11.3 Å². The molecule has 3 aliphatic rings. The largest absolute Gasteiger partial charge is 0.474 e. The van der Waals surface area contributed by atoms with Crippen LogP contribution in [0.4, 0.5) is 0 Å². The van der Waals surface area contributed by atoms with Crippen molar-refractivity contribution in [3.8, 4) is 0 Å². The summed E-state index contributed by atoms with van der Waals surface area (Å²) in [7, 11) is -1.13. The Morgan fingerprint density at radius 2 is 1.16 bits per heavy atom. The molecule has 228 valence electrons. The first-order chi connectivity index (χ1) is 22.0. The van der Waals surface area contributed by atoms with Crippen molar-refractivity contribution in [3.05, 3.63) is 136 Å². The molecule has 0 saturated carbocycles. The number of thiophene rings is 1. The van der Waals surface area contributed by atoms with E-state index in [1.807, 2.05) is 0 Å². The molecule has 0 fully saturated rings. The van der Waals surface area contributed by atoms with Crippen LogP contribution >= 0.6 is 19.6 Å². The standard InChI is InChI=1S/C37H37N4O2PS/c1-24(2)28-22-42-35(38-28)30-17-19-32-37(26-12-7-5-8-13-26,27-14-9-6-10-15-27)33-20-18-31(36-39-29(23-43-36)25(3)4)41(33)44(40(30)32)34-16-11-21-45-34/h5-21,24-25,28-29H,22-23H2,1-4H3/t28-,29-/m1/s1. The zero-order valence-corrected chi connectivity index (χ0v) is 27.7. The molecule has 3 aliphatic heterocycles. The minimum Gasteiger partial charge on any atom is -0.474 e. The first kappa shape index (κ1) is 28.5. The number of rotatable bonds is 7. The van der Waals surface area contributed by atoms with E-state index in [-0.39, 0.29) is 12.1 Å². The van der Waals surface area contributed by atoms with Crippen molar-refractivity contribution in [2.75, 3.05) is 13.2 Å². The van der Waals surface area contributed by atoms with Crippen molar-refractivity contribution in [1.29, 1.82) is 0 Å². The highest BCUT2D eigenvalue weighted by atomic mass is 32.1. The third kappa shape index (κ3) is 4.39. The van der Waals surface area contributed by atoms with Gasteiger partial charge >= 0.3 is 0 Å². The van der Waals surface area contributed by atoms with Crippen LogP contribution in [-0.4, -0.2) is 45.8 Å². The van der Waals surface area contributed by atoms with Gasteiger partial charge in [0, 0.05) is 11.4 Å². The molecule has 0 N–H and O–H groups in total. The van der Waals surface area contributed by atoms with Crippen molar-refractivity contribution in [2.45, 2.75) is 45.2 Å². The number of ether oxygens (including phenoxy) is 2. The highest BCUT2D eigenvalue weighted by Gasteiger charge is 2.51. The lowest BCUT2D eigenvalue weighted by molar-refractivity contribution is 0.291. The fourth-order valence-electron chi connectivity index (χ4n) is 6.84. The van der Waals surface area contributed by atoms with Gasteiger partial charge in [-0.25, -0.2) is 9.98 Å². The smallest absolute Gasteiger partial charge is 0.234 e. The van der Waals surface area contributed by atoms with Gasteiger partial charge in [0.2, 0.25) is 11.8 Å². The van der Waals surface area contributed by atoms with Gasteiger partial charge in [-0.2, -0.15) is 0 Å². The summed E-state index contributed by atoms with van der Waals surface area (Å²) in [6, 6.07) is 35.6. The Balaban J connectivity index is 1.48. The lowest BCUT2D eigenvalue weighted by atomic mass is 9.69. The van der Waals surface area contributed by atoms with E-state index in [0.29, 0.717) is 25.0 Å². The third-order valence-electron chi connectivity index (χ3n) is 9.30. The van der Waals surface area contributed by atoms with Crippen molar-refractivity contribution >= 4 is 36.0 Å². The highest BCUT2D eigenvalue weighted by Crippen LogP contribution is 2.59. The average molecular weight is 633 g/mol. The summed E-state index contributed by atoms with van der Waals surface area (Å²) in [4.78, 5) is 10.3. The number of nitrogens with zero attached hydrogens (tertiary/aromatic N) is 4. The highest BCUT2D eigenvalue weighted by molar-refractivity contribution is 7.69. The summed E-state index contributed by atoms with van der Waals surface area (Å²) in [6.45, 7) is 10.1. The predicted octanol–water partition coefficient (Wildman–Crippen LogP) is 7.68. The maximum absolute atomic E-state index is 6.41. The molecule has 0 spiro atoms. The van der Waals surface area contributed by atoms with Gasteiger partial charge in [0.25, 0.3) is 0 Å². The fourth-order valence-corrected chi connectivity index (χ4v) is 10.7. The zero-order valence-electron chi connectivity index (χ0n) is 26.0. The van der Waals surface area contributed by atoms with E-state index in [9.17, 15) is 0 Å². The van der Waals surface area contributed by atoms with Crippen LogP contribution in [0.15, 0.2) is 112 Å². The molecule has 0 unspecified atom stereocenters. The van der Waals surface area contributed by atoms with Gasteiger partial charge in [-0.05, 0) is 58.7 Å². The molecule has 5 aromatic rings. The molecule has 8 heteroatoms. The van der Waals surface area contributed by atoms with E-state index >= 15 is 0 Å². The monoisotopic (exact) mass is 632 g/mol. The summed E-state index contributed by atoms with van der Waals surface area (Å²) in [6.07, 6.45) is 0. The Kier molecular flexibility index (Phi) is 7.07. The minimum absolute atomic E-state index is 0.141. The van der Waals surface area contributed by atoms with Crippen molar-refractivity contribution < 1.29 is 9.47 Å². The Morgan fingerprint density at radius 1 is 0.667 bits per heavy atom. The minimum atomic E-state index is -1.13. The number of aromatic nitrogens is 2. The maximum atomic E-state index is 6.41. The van der Waals surface area contributed by atoms with Gasteiger partial charge in [0.15, 0.2) is 0 Å². The second-order valence-corrected chi connectivity index (χ2v) is 15.8. The van der Waals surface area contributed by atoms with Crippen LogP contribution in [0.5, 0.6) is 0 Å². The second-order valence-electron chi connectivity index (χ2n) is 12.7. The van der Waals surface area contributed by atoms with Gasteiger partial charge in [-0.15, -0.1) is 11.3 Å². The fraction of sp³-hybridized carbons (Fsp3) is 0.297. The predicted molar refractivity (Wildman–Crippen MR) is 185 cm³/mol. The van der Waals surface area contributed by atoms with Gasteiger partial charge in [0.05, 0.1) is 16.7 Å². The normalized spacial score (nSPS) is 20.5. The molecule has 3 aromatic heterocycles. The Labute approximate surface area is 269 Å².